The van der Waals surface area contributed by atoms with Crippen LogP contribution in [-0.4, -0.2) is 15.8 Å². The third kappa shape index (κ3) is 2.86. The summed E-state index contributed by atoms with van der Waals surface area (Å²) in [6.07, 6.45) is 0. The standard InChI is InChI=1S/C11H10N4O3S/c1-6-9(19-11(12)13-6)10(16)14-7-2-4-8(5-3-7)15(17)18/h2-5H,1H3,(H2,12,13)(H,14,16). The summed E-state index contributed by atoms with van der Waals surface area (Å²) in [5, 5.41) is 13.5. The third-order valence-corrected chi connectivity index (χ3v) is 3.34. The zero-order valence-electron chi connectivity index (χ0n) is 9.91. The van der Waals surface area contributed by atoms with E-state index in [2.05, 4.69) is 10.3 Å². The lowest BCUT2D eigenvalue weighted by molar-refractivity contribution is -0.384. The number of hydrogen-bond acceptors (Lipinski definition) is 6. The molecule has 1 aromatic carbocycles. The number of benzene rings is 1. The highest BCUT2D eigenvalue weighted by Crippen LogP contribution is 2.22. The minimum Gasteiger partial charge on any atom is -0.375 e. The van der Waals surface area contributed by atoms with E-state index in [1.54, 1.807) is 6.92 Å². The molecule has 0 saturated heterocycles. The highest BCUT2D eigenvalue weighted by atomic mass is 32.1. The van der Waals surface area contributed by atoms with Crippen LogP contribution in [0, 0.1) is 17.0 Å². The Labute approximate surface area is 112 Å². The second kappa shape index (κ2) is 5.02. The van der Waals surface area contributed by atoms with Crippen LogP contribution in [0.15, 0.2) is 24.3 Å². The van der Waals surface area contributed by atoms with Crippen molar-refractivity contribution in [2.45, 2.75) is 6.92 Å². The van der Waals surface area contributed by atoms with E-state index in [0.717, 1.165) is 11.3 Å². The highest BCUT2D eigenvalue weighted by Gasteiger charge is 2.14. The fraction of sp³-hybridized carbons (Fsp3) is 0.0909. The summed E-state index contributed by atoms with van der Waals surface area (Å²) in [5.41, 5.74) is 6.52. The number of nitrogen functional groups attached to an aromatic ring is 1. The van der Waals surface area contributed by atoms with Crippen molar-refractivity contribution in [1.29, 1.82) is 0 Å². The van der Waals surface area contributed by atoms with E-state index in [0.29, 0.717) is 21.4 Å². The van der Waals surface area contributed by atoms with Crippen molar-refractivity contribution < 1.29 is 9.72 Å². The zero-order chi connectivity index (χ0) is 14.0. The quantitative estimate of drug-likeness (QED) is 0.660. The molecule has 0 saturated carbocycles. The SMILES string of the molecule is Cc1nc(N)sc1C(=O)Nc1ccc([N+](=O)[O-])cc1. The summed E-state index contributed by atoms with van der Waals surface area (Å²) in [6, 6.07) is 5.58. The van der Waals surface area contributed by atoms with Crippen molar-refractivity contribution in [3.63, 3.8) is 0 Å². The maximum Gasteiger partial charge on any atom is 0.269 e. The number of nitro benzene ring substituents is 1. The van der Waals surface area contributed by atoms with Gasteiger partial charge in [-0.15, -0.1) is 0 Å². The molecule has 0 fully saturated rings. The summed E-state index contributed by atoms with van der Waals surface area (Å²) in [5.74, 6) is -0.333. The Balaban J connectivity index is 2.15. The first-order valence-corrected chi connectivity index (χ1v) is 6.07. The van der Waals surface area contributed by atoms with Gasteiger partial charge in [0.2, 0.25) is 0 Å². The number of hydrogen-bond donors (Lipinski definition) is 2. The Morgan fingerprint density at radius 3 is 2.53 bits per heavy atom. The summed E-state index contributed by atoms with van der Waals surface area (Å²) in [6.45, 7) is 1.69. The summed E-state index contributed by atoms with van der Waals surface area (Å²) in [4.78, 5) is 26.3. The average molecular weight is 278 g/mol. The van der Waals surface area contributed by atoms with Gasteiger partial charge in [-0.05, 0) is 19.1 Å². The first-order valence-electron chi connectivity index (χ1n) is 5.26. The maximum atomic E-state index is 11.9. The van der Waals surface area contributed by atoms with Crippen LogP contribution >= 0.6 is 11.3 Å². The number of nitrogens with zero attached hydrogens (tertiary/aromatic N) is 2. The number of nitro groups is 1. The number of amides is 1. The molecule has 0 radical (unpaired) electrons. The van der Waals surface area contributed by atoms with Gasteiger partial charge in [0.15, 0.2) is 5.13 Å². The smallest absolute Gasteiger partial charge is 0.269 e. The van der Waals surface area contributed by atoms with Crippen LogP contribution in [0.1, 0.15) is 15.4 Å². The molecule has 8 heteroatoms. The van der Waals surface area contributed by atoms with Crippen LogP contribution < -0.4 is 11.1 Å². The van der Waals surface area contributed by atoms with Crippen molar-refractivity contribution in [3.8, 4) is 0 Å². The predicted molar refractivity (Wildman–Crippen MR) is 72.3 cm³/mol. The lowest BCUT2D eigenvalue weighted by atomic mass is 10.2. The van der Waals surface area contributed by atoms with E-state index in [1.807, 2.05) is 0 Å². The molecule has 0 atom stereocenters. The van der Waals surface area contributed by atoms with E-state index in [4.69, 9.17) is 5.73 Å². The normalized spacial score (nSPS) is 10.2. The number of non-ortho nitro benzene ring substituents is 1. The lowest BCUT2D eigenvalue weighted by Crippen LogP contribution is -2.11. The molecule has 1 aromatic heterocycles. The van der Waals surface area contributed by atoms with Gasteiger partial charge in [0.05, 0.1) is 10.6 Å². The van der Waals surface area contributed by atoms with E-state index in [-0.39, 0.29) is 11.6 Å². The number of aromatic nitrogens is 1. The first kappa shape index (κ1) is 13.0. The van der Waals surface area contributed by atoms with Gasteiger partial charge in [-0.2, -0.15) is 0 Å². The molecule has 2 rings (SSSR count). The first-order chi connectivity index (χ1) is 8.97. The maximum absolute atomic E-state index is 11.9. The Kier molecular flexibility index (Phi) is 3.43. The van der Waals surface area contributed by atoms with Crippen molar-refractivity contribution >= 4 is 33.8 Å². The molecule has 1 heterocycles. The topological polar surface area (TPSA) is 111 Å². The van der Waals surface area contributed by atoms with Gasteiger partial charge in [-0.1, -0.05) is 11.3 Å². The van der Waals surface area contributed by atoms with Gasteiger partial charge in [-0.3, -0.25) is 14.9 Å². The molecule has 0 aliphatic carbocycles. The molecule has 3 N–H and O–H groups in total. The Morgan fingerprint density at radius 1 is 1.42 bits per heavy atom. The lowest BCUT2D eigenvalue weighted by Gasteiger charge is -2.03. The molecule has 98 valence electrons. The minimum absolute atomic E-state index is 0.0313. The number of anilines is 2. The van der Waals surface area contributed by atoms with Gasteiger partial charge in [0, 0.05) is 17.8 Å². The van der Waals surface area contributed by atoms with E-state index < -0.39 is 4.92 Å². The number of nitrogens with one attached hydrogen (secondary N) is 1. The summed E-state index contributed by atoms with van der Waals surface area (Å²) in [7, 11) is 0. The van der Waals surface area contributed by atoms with E-state index >= 15 is 0 Å². The molecule has 0 aliphatic heterocycles. The Hall–Kier alpha value is -2.48. The van der Waals surface area contributed by atoms with Crippen molar-refractivity contribution in [1.82, 2.24) is 4.98 Å². The molecule has 19 heavy (non-hydrogen) atoms. The Bertz CT molecular complexity index is 636. The molecule has 2 aromatic rings. The monoisotopic (exact) mass is 278 g/mol. The molecule has 0 aliphatic rings. The number of thiazole rings is 1. The molecular weight excluding hydrogens is 268 g/mol. The molecule has 0 spiro atoms. The number of aryl methyl sites for hydroxylation is 1. The second-order valence-corrected chi connectivity index (χ2v) is 4.76. The molecule has 7 nitrogen and oxygen atoms in total. The fourth-order valence-electron chi connectivity index (χ4n) is 1.48. The fourth-order valence-corrected chi connectivity index (χ4v) is 2.21. The van der Waals surface area contributed by atoms with Gasteiger partial charge in [0.25, 0.3) is 11.6 Å². The van der Waals surface area contributed by atoms with Gasteiger partial charge < -0.3 is 11.1 Å². The van der Waals surface area contributed by atoms with E-state index in [9.17, 15) is 14.9 Å². The van der Waals surface area contributed by atoms with E-state index in [1.165, 1.54) is 24.3 Å². The van der Waals surface area contributed by atoms with Gasteiger partial charge >= 0.3 is 0 Å². The Morgan fingerprint density at radius 2 is 2.05 bits per heavy atom. The van der Waals surface area contributed by atoms with Crippen LogP contribution in [0.2, 0.25) is 0 Å². The van der Waals surface area contributed by atoms with Gasteiger partial charge in [0.1, 0.15) is 4.88 Å². The minimum atomic E-state index is -0.500. The van der Waals surface area contributed by atoms with Crippen molar-refractivity contribution in [2.24, 2.45) is 0 Å². The van der Waals surface area contributed by atoms with Crippen LogP contribution in [0.5, 0.6) is 0 Å². The molecular formula is C11H10N4O3S. The summed E-state index contributed by atoms with van der Waals surface area (Å²) < 4.78 is 0. The van der Waals surface area contributed by atoms with Crippen LogP contribution in [0.4, 0.5) is 16.5 Å². The van der Waals surface area contributed by atoms with Crippen LogP contribution in [0.25, 0.3) is 0 Å². The van der Waals surface area contributed by atoms with Crippen molar-refractivity contribution in [2.75, 3.05) is 11.1 Å². The largest absolute Gasteiger partial charge is 0.375 e. The third-order valence-electron chi connectivity index (χ3n) is 2.36. The summed E-state index contributed by atoms with van der Waals surface area (Å²) >= 11 is 1.10. The second-order valence-electron chi connectivity index (χ2n) is 3.72. The number of nitrogens with two attached hydrogens (primary N) is 1. The highest BCUT2D eigenvalue weighted by molar-refractivity contribution is 7.17. The van der Waals surface area contributed by atoms with Crippen LogP contribution in [0.3, 0.4) is 0 Å². The molecule has 1 amide bonds. The van der Waals surface area contributed by atoms with Crippen molar-refractivity contribution in [3.05, 3.63) is 45.0 Å². The molecule has 0 unspecified atom stereocenters. The number of carbonyl (C=O) groups is 1. The number of rotatable bonds is 3. The van der Waals surface area contributed by atoms with Gasteiger partial charge in [-0.25, -0.2) is 4.98 Å². The zero-order valence-corrected chi connectivity index (χ0v) is 10.7. The average Bonchev–Trinajstić information content (AvgIpc) is 2.69. The number of carbonyl (C=O) groups excluding carboxylic acids is 1. The predicted octanol–water partition coefficient (Wildman–Crippen LogP) is 2.19. The van der Waals surface area contributed by atoms with Crippen LogP contribution in [-0.2, 0) is 0 Å². The molecule has 0 bridgehead atoms.